The molecule has 0 aliphatic rings. The van der Waals surface area contributed by atoms with Crippen LogP contribution in [-0.4, -0.2) is 15.1 Å². The predicted octanol–water partition coefficient (Wildman–Crippen LogP) is 2.57. The first-order valence-corrected chi connectivity index (χ1v) is 5.95. The highest BCUT2D eigenvalue weighted by Crippen LogP contribution is 2.15. The van der Waals surface area contributed by atoms with Crippen LogP contribution in [0.3, 0.4) is 0 Å². The summed E-state index contributed by atoms with van der Waals surface area (Å²) in [6.07, 6.45) is 1.85. The third kappa shape index (κ3) is 2.57. The molecule has 1 N–H and O–H groups in total. The summed E-state index contributed by atoms with van der Waals surface area (Å²) >= 11 is 1.66. The molecule has 0 fully saturated rings. The zero-order valence-electron chi connectivity index (χ0n) is 9.52. The Morgan fingerprint density at radius 3 is 2.88 bits per heavy atom. The fourth-order valence-corrected chi connectivity index (χ4v) is 1.93. The van der Waals surface area contributed by atoms with Gasteiger partial charge in [0.2, 0.25) is 0 Å². The Balaban J connectivity index is 1.94. The van der Waals surface area contributed by atoms with E-state index in [9.17, 15) is 0 Å². The molecule has 2 aromatic rings. The van der Waals surface area contributed by atoms with Crippen molar-refractivity contribution in [2.24, 2.45) is 0 Å². The highest BCUT2D eigenvalue weighted by atomic mass is 32.1. The van der Waals surface area contributed by atoms with Gasteiger partial charge in [-0.3, -0.25) is 0 Å². The molecular weight excluding hydrogens is 224 g/mol. The Morgan fingerprint density at radius 2 is 2.31 bits per heavy atom. The molecule has 0 saturated carbocycles. The number of anilines is 1. The van der Waals surface area contributed by atoms with Crippen molar-refractivity contribution in [2.45, 2.75) is 33.2 Å². The molecule has 0 radical (unpaired) electrons. The fourth-order valence-electron chi connectivity index (χ4n) is 1.19. The smallest absolute Gasteiger partial charge is 0.321 e. The average molecular weight is 238 g/mol. The molecule has 0 aromatic carbocycles. The molecule has 2 heterocycles. The van der Waals surface area contributed by atoms with E-state index in [2.05, 4.69) is 20.4 Å². The molecule has 6 heteroatoms. The fraction of sp³-hybridized carbons (Fsp3) is 0.500. The molecule has 0 aliphatic carbocycles. The molecule has 5 nitrogen and oxygen atoms in total. The van der Waals surface area contributed by atoms with E-state index in [1.165, 1.54) is 0 Å². The van der Waals surface area contributed by atoms with Crippen LogP contribution in [0.4, 0.5) is 6.01 Å². The van der Waals surface area contributed by atoms with Crippen LogP contribution in [0.25, 0.3) is 0 Å². The van der Waals surface area contributed by atoms with Gasteiger partial charge in [0.25, 0.3) is 0 Å². The van der Waals surface area contributed by atoms with Gasteiger partial charge in [-0.25, -0.2) is 4.98 Å². The maximum atomic E-state index is 5.07. The van der Waals surface area contributed by atoms with Crippen molar-refractivity contribution in [2.75, 3.05) is 5.32 Å². The van der Waals surface area contributed by atoms with Crippen LogP contribution >= 0.6 is 11.3 Å². The van der Waals surface area contributed by atoms with Crippen LogP contribution < -0.4 is 5.32 Å². The van der Waals surface area contributed by atoms with Crippen LogP contribution in [0, 0.1) is 6.92 Å². The summed E-state index contributed by atoms with van der Waals surface area (Å²) in [4.78, 5) is 9.56. The Hall–Kier alpha value is -1.43. The van der Waals surface area contributed by atoms with E-state index in [1.54, 1.807) is 11.3 Å². The Bertz CT molecular complexity index is 463. The first kappa shape index (κ1) is 11.1. The topological polar surface area (TPSA) is 63.8 Å². The number of hydrogen-bond acceptors (Lipinski definition) is 6. The van der Waals surface area contributed by atoms with Crippen molar-refractivity contribution in [3.8, 4) is 0 Å². The lowest BCUT2D eigenvalue weighted by Crippen LogP contribution is -1.98. The van der Waals surface area contributed by atoms with Crippen LogP contribution in [-0.2, 0) is 6.54 Å². The molecule has 0 saturated heterocycles. The molecule has 0 amide bonds. The Kier molecular flexibility index (Phi) is 3.19. The van der Waals surface area contributed by atoms with Gasteiger partial charge in [-0.15, -0.1) is 11.3 Å². The molecule has 0 spiro atoms. The van der Waals surface area contributed by atoms with Gasteiger partial charge >= 0.3 is 6.01 Å². The number of nitrogens with zero attached hydrogens (tertiary/aromatic N) is 3. The van der Waals surface area contributed by atoms with E-state index >= 15 is 0 Å². The zero-order chi connectivity index (χ0) is 11.5. The summed E-state index contributed by atoms with van der Waals surface area (Å²) < 4.78 is 5.07. The molecule has 2 rings (SSSR count). The first-order valence-electron chi connectivity index (χ1n) is 5.14. The number of aryl methyl sites for hydroxylation is 1. The number of rotatable bonds is 4. The van der Waals surface area contributed by atoms with Crippen molar-refractivity contribution in [1.82, 2.24) is 15.1 Å². The van der Waals surface area contributed by atoms with Gasteiger partial charge in [0.05, 0.1) is 11.6 Å². The summed E-state index contributed by atoms with van der Waals surface area (Å²) in [5.74, 6) is 1.01. The second kappa shape index (κ2) is 4.61. The van der Waals surface area contributed by atoms with E-state index in [-0.39, 0.29) is 5.92 Å². The summed E-state index contributed by atoms with van der Waals surface area (Å²) in [5, 5.41) is 8.01. The van der Waals surface area contributed by atoms with Gasteiger partial charge in [-0.1, -0.05) is 19.0 Å². The van der Waals surface area contributed by atoms with Gasteiger partial charge in [-0.05, 0) is 6.92 Å². The van der Waals surface area contributed by atoms with Crippen molar-refractivity contribution < 1.29 is 4.52 Å². The highest BCUT2D eigenvalue weighted by Gasteiger charge is 2.09. The van der Waals surface area contributed by atoms with Gasteiger partial charge in [0.1, 0.15) is 0 Å². The van der Waals surface area contributed by atoms with Gasteiger partial charge < -0.3 is 9.84 Å². The molecule has 16 heavy (non-hydrogen) atoms. The zero-order valence-corrected chi connectivity index (χ0v) is 10.3. The Labute approximate surface area is 97.9 Å². The van der Waals surface area contributed by atoms with Crippen LogP contribution in [0.5, 0.6) is 0 Å². The minimum atomic E-state index is 0.282. The molecule has 2 aromatic heterocycles. The molecule has 0 atom stereocenters. The molecule has 86 valence electrons. The highest BCUT2D eigenvalue weighted by molar-refractivity contribution is 7.11. The SMILES string of the molecule is Cc1ncc(CNc2nc(C(C)C)no2)s1. The third-order valence-electron chi connectivity index (χ3n) is 2.04. The second-order valence-corrected chi connectivity index (χ2v) is 5.13. The van der Waals surface area contributed by atoms with E-state index in [1.807, 2.05) is 27.0 Å². The number of hydrogen-bond donors (Lipinski definition) is 1. The quantitative estimate of drug-likeness (QED) is 0.886. The largest absolute Gasteiger partial charge is 0.333 e. The number of aromatic nitrogens is 3. The van der Waals surface area contributed by atoms with E-state index in [0.29, 0.717) is 12.6 Å². The van der Waals surface area contributed by atoms with Gasteiger partial charge in [0.15, 0.2) is 5.82 Å². The van der Waals surface area contributed by atoms with Crippen molar-refractivity contribution in [3.05, 3.63) is 21.9 Å². The van der Waals surface area contributed by atoms with Gasteiger partial charge in [-0.2, -0.15) is 4.98 Å². The average Bonchev–Trinajstić information content (AvgIpc) is 2.83. The van der Waals surface area contributed by atoms with E-state index in [0.717, 1.165) is 15.7 Å². The molecule has 0 aliphatic heterocycles. The van der Waals surface area contributed by atoms with Crippen LogP contribution in [0.1, 0.15) is 35.5 Å². The third-order valence-corrected chi connectivity index (χ3v) is 2.95. The summed E-state index contributed by atoms with van der Waals surface area (Å²) in [6.45, 7) is 6.71. The van der Waals surface area contributed by atoms with Crippen LogP contribution in [0.15, 0.2) is 10.7 Å². The number of nitrogens with one attached hydrogen (secondary N) is 1. The van der Waals surface area contributed by atoms with Crippen molar-refractivity contribution >= 4 is 17.4 Å². The second-order valence-electron chi connectivity index (χ2n) is 3.81. The minimum Gasteiger partial charge on any atom is -0.333 e. The summed E-state index contributed by atoms with van der Waals surface area (Å²) in [6, 6.07) is 0.467. The van der Waals surface area contributed by atoms with E-state index < -0.39 is 0 Å². The van der Waals surface area contributed by atoms with Crippen LogP contribution in [0.2, 0.25) is 0 Å². The normalized spacial score (nSPS) is 11.0. The predicted molar refractivity (Wildman–Crippen MR) is 62.6 cm³/mol. The lowest BCUT2D eigenvalue weighted by atomic mass is 10.2. The monoisotopic (exact) mass is 238 g/mol. The summed E-state index contributed by atoms with van der Waals surface area (Å²) in [5.41, 5.74) is 0. The standard InChI is InChI=1S/C10H14N4OS/c1-6(2)9-13-10(15-14-9)12-5-8-4-11-7(3)16-8/h4,6H,5H2,1-3H3,(H,12,13,14). The lowest BCUT2D eigenvalue weighted by Gasteiger charge is -1.96. The van der Waals surface area contributed by atoms with Crippen molar-refractivity contribution in [3.63, 3.8) is 0 Å². The van der Waals surface area contributed by atoms with Crippen molar-refractivity contribution in [1.29, 1.82) is 0 Å². The maximum absolute atomic E-state index is 5.07. The molecule has 0 unspecified atom stereocenters. The maximum Gasteiger partial charge on any atom is 0.321 e. The van der Waals surface area contributed by atoms with E-state index in [4.69, 9.17) is 4.52 Å². The Morgan fingerprint density at radius 1 is 1.50 bits per heavy atom. The molecular formula is C10H14N4OS. The number of thiazole rings is 1. The lowest BCUT2D eigenvalue weighted by molar-refractivity contribution is 0.419. The van der Waals surface area contributed by atoms with Gasteiger partial charge in [0, 0.05) is 17.0 Å². The minimum absolute atomic E-state index is 0.282. The molecule has 0 bridgehead atoms. The first-order chi connectivity index (χ1) is 7.65. The summed E-state index contributed by atoms with van der Waals surface area (Å²) in [7, 11) is 0.